The number of carbonyl (C=O) groups is 2. The zero-order chi connectivity index (χ0) is 20.1. The van der Waals surface area contributed by atoms with Crippen LogP contribution < -0.4 is 10.6 Å². The summed E-state index contributed by atoms with van der Waals surface area (Å²) in [5.41, 5.74) is 3.26. The molecule has 1 aliphatic rings. The number of rotatable bonds is 7. The number of hydrogen-bond donors (Lipinski definition) is 2. The smallest absolute Gasteiger partial charge is 0.254 e. The maximum absolute atomic E-state index is 12.4. The predicted molar refractivity (Wildman–Crippen MR) is 106 cm³/mol. The largest absolute Gasteiger partial charge is 0.380 e. The number of aryl methyl sites for hydroxylation is 1. The average Bonchev–Trinajstić information content (AvgIpc) is 3.10. The van der Waals surface area contributed by atoms with Crippen molar-refractivity contribution in [3.8, 4) is 0 Å². The van der Waals surface area contributed by atoms with Gasteiger partial charge in [-0.05, 0) is 50.3 Å². The molecule has 1 aliphatic heterocycles. The van der Waals surface area contributed by atoms with E-state index in [4.69, 9.17) is 4.74 Å². The highest BCUT2D eigenvalue weighted by Crippen LogP contribution is 2.23. The Hall–Kier alpha value is -2.67. The van der Waals surface area contributed by atoms with Gasteiger partial charge in [0, 0.05) is 31.8 Å². The van der Waals surface area contributed by atoms with E-state index in [-0.39, 0.29) is 23.8 Å². The minimum absolute atomic E-state index is 0.0806. The third kappa shape index (κ3) is 4.78. The summed E-state index contributed by atoms with van der Waals surface area (Å²) in [6.45, 7) is 5.75. The van der Waals surface area contributed by atoms with Gasteiger partial charge in [-0.15, -0.1) is 0 Å². The van der Waals surface area contributed by atoms with Crippen molar-refractivity contribution >= 4 is 11.8 Å². The van der Waals surface area contributed by atoms with Gasteiger partial charge in [-0.2, -0.15) is 5.10 Å². The van der Waals surface area contributed by atoms with Crippen molar-refractivity contribution in [1.82, 2.24) is 20.4 Å². The van der Waals surface area contributed by atoms with Gasteiger partial charge in [0.25, 0.3) is 11.8 Å². The molecule has 2 amide bonds. The summed E-state index contributed by atoms with van der Waals surface area (Å²) in [6.07, 6.45) is 3.30. The molecule has 7 heteroatoms. The number of nitrogens with zero attached hydrogens (tertiary/aromatic N) is 2. The van der Waals surface area contributed by atoms with E-state index in [1.54, 1.807) is 13.3 Å². The summed E-state index contributed by atoms with van der Waals surface area (Å²) in [5, 5.41) is 10.3. The first-order valence-corrected chi connectivity index (χ1v) is 9.69. The Morgan fingerprint density at radius 2 is 2.00 bits per heavy atom. The first kappa shape index (κ1) is 20.1. The minimum atomic E-state index is -0.0860. The molecule has 1 atom stereocenters. The lowest BCUT2D eigenvalue weighted by atomic mass is 9.94. The van der Waals surface area contributed by atoms with Crippen LogP contribution in [0.4, 0.5) is 0 Å². The third-order valence-electron chi connectivity index (χ3n) is 4.92. The Balaban J connectivity index is 1.58. The molecule has 1 aromatic heterocycles. The summed E-state index contributed by atoms with van der Waals surface area (Å²) in [7, 11) is 1.65. The Morgan fingerprint density at radius 1 is 1.25 bits per heavy atom. The van der Waals surface area contributed by atoms with Crippen molar-refractivity contribution in [2.75, 3.05) is 13.7 Å². The molecule has 0 bridgehead atoms. The highest BCUT2D eigenvalue weighted by atomic mass is 16.5. The number of nitrogens with one attached hydrogen (secondary N) is 2. The molecular formula is C21H28N4O3. The summed E-state index contributed by atoms with van der Waals surface area (Å²) in [4.78, 5) is 24.8. The SMILES string of the molecule is COCc1ccc(C(=O)NCC2CCn3ncc(C(=O)NC(C)C)c3C2)cc1. The average molecular weight is 384 g/mol. The second-order valence-corrected chi connectivity index (χ2v) is 7.56. The van der Waals surface area contributed by atoms with Crippen LogP contribution in [0.5, 0.6) is 0 Å². The monoisotopic (exact) mass is 384 g/mol. The number of carbonyl (C=O) groups excluding carboxylic acids is 2. The third-order valence-corrected chi connectivity index (χ3v) is 4.92. The lowest BCUT2D eigenvalue weighted by molar-refractivity contribution is 0.0930. The second-order valence-electron chi connectivity index (χ2n) is 7.56. The molecule has 1 unspecified atom stereocenters. The van der Waals surface area contributed by atoms with E-state index in [1.807, 2.05) is 42.8 Å². The highest BCUT2D eigenvalue weighted by molar-refractivity contribution is 5.95. The molecule has 2 N–H and O–H groups in total. The molecule has 150 valence electrons. The van der Waals surface area contributed by atoms with Gasteiger partial charge in [-0.25, -0.2) is 0 Å². The molecule has 7 nitrogen and oxygen atoms in total. The molecule has 2 aromatic rings. The lowest BCUT2D eigenvalue weighted by Gasteiger charge is -2.24. The van der Waals surface area contributed by atoms with Crippen molar-refractivity contribution in [3.63, 3.8) is 0 Å². The Kier molecular flexibility index (Phi) is 6.46. The van der Waals surface area contributed by atoms with Crippen molar-refractivity contribution in [2.45, 2.75) is 45.9 Å². The van der Waals surface area contributed by atoms with Crippen molar-refractivity contribution < 1.29 is 14.3 Å². The van der Waals surface area contributed by atoms with E-state index >= 15 is 0 Å². The maximum Gasteiger partial charge on any atom is 0.254 e. The molecule has 28 heavy (non-hydrogen) atoms. The van der Waals surface area contributed by atoms with Crippen molar-refractivity contribution in [3.05, 3.63) is 52.8 Å². The lowest BCUT2D eigenvalue weighted by Crippen LogP contribution is -2.35. The molecule has 0 fully saturated rings. The Morgan fingerprint density at radius 3 is 2.68 bits per heavy atom. The molecule has 0 saturated heterocycles. The first-order valence-electron chi connectivity index (χ1n) is 9.69. The number of methoxy groups -OCH3 is 1. The van der Waals surface area contributed by atoms with Gasteiger partial charge in [-0.3, -0.25) is 14.3 Å². The normalized spacial score (nSPS) is 15.9. The van der Waals surface area contributed by atoms with Gasteiger partial charge < -0.3 is 15.4 Å². The molecule has 1 aromatic carbocycles. The molecule has 0 saturated carbocycles. The number of amides is 2. The van der Waals surface area contributed by atoms with Gasteiger partial charge in [0.2, 0.25) is 0 Å². The van der Waals surface area contributed by atoms with E-state index in [9.17, 15) is 9.59 Å². The molecule has 3 rings (SSSR count). The maximum atomic E-state index is 12.4. The summed E-state index contributed by atoms with van der Waals surface area (Å²) in [5.74, 6) is 0.115. The standard InChI is InChI=1S/C21H28N4O3/c1-14(2)24-21(27)18-12-23-25-9-8-16(10-19(18)25)11-22-20(26)17-6-4-15(5-7-17)13-28-3/h4-7,12,14,16H,8-11,13H2,1-3H3,(H,22,26)(H,24,27). The molecular weight excluding hydrogens is 356 g/mol. The highest BCUT2D eigenvalue weighted by Gasteiger charge is 2.25. The van der Waals surface area contributed by atoms with Crippen LogP contribution in [0.3, 0.4) is 0 Å². The van der Waals surface area contributed by atoms with E-state index in [1.165, 1.54) is 0 Å². The van der Waals surface area contributed by atoms with E-state index in [0.717, 1.165) is 30.6 Å². The fraction of sp³-hybridized carbons (Fsp3) is 0.476. The zero-order valence-electron chi connectivity index (χ0n) is 16.7. The van der Waals surface area contributed by atoms with E-state index in [0.29, 0.717) is 24.3 Å². The van der Waals surface area contributed by atoms with Crippen LogP contribution in [0.15, 0.2) is 30.5 Å². The number of ether oxygens (including phenoxy) is 1. The molecule has 2 heterocycles. The van der Waals surface area contributed by atoms with E-state index in [2.05, 4.69) is 15.7 Å². The summed E-state index contributed by atoms with van der Waals surface area (Å²) >= 11 is 0. The number of benzene rings is 1. The number of aromatic nitrogens is 2. The van der Waals surface area contributed by atoms with Crippen LogP contribution in [0.1, 0.15) is 52.2 Å². The Bertz CT molecular complexity index is 827. The minimum Gasteiger partial charge on any atom is -0.380 e. The fourth-order valence-corrected chi connectivity index (χ4v) is 3.46. The number of fused-ring (bicyclic) bond motifs is 1. The molecule has 0 radical (unpaired) electrons. The predicted octanol–water partition coefficient (Wildman–Crippen LogP) is 2.16. The van der Waals surface area contributed by atoms with Crippen LogP contribution >= 0.6 is 0 Å². The van der Waals surface area contributed by atoms with Gasteiger partial charge in [0.15, 0.2) is 0 Å². The quantitative estimate of drug-likeness (QED) is 0.766. The van der Waals surface area contributed by atoms with Gasteiger partial charge in [0.1, 0.15) is 0 Å². The molecule has 0 spiro atoms. The van der Waals surface area contributed by atoms with Crippen LogP contribution in [0.25, 0.3) is 0 Å². The van der Waals surface area contributed by atoms with Crippen LogP contribution in [0, 0.1) is 5.92 Å². The zero-order valence-corrected chi connectivity index (χ0v) is 16.7. The van der Waals surface area contributed by atoms with Crippen LogP contribution in [-0.4, -0.2) is 41.3 Å². The van der Waals surface area contributed by atoms with Gasteiger partial charge in [-0.1, -0.05) is 12.1 Å². The van der Waals surface area contributed by atoms with Crippen LogP contribution in [0.2, 0.25) is 0 Å². The van der Waals surface area contributed by atoms with Crippen molar-refractivity contribution in [2.24, 2.45) is 5.92 Å². The van der Waals surface area contributed by atoms with Crippen molar-refractivity contribution in [1.29, 1.82) is 0 Å². The summed E-state index contributed by atoms with van der Waals surface area (Å²) < 4.78 is 6.99. The van der Waals surface area contributed by atoms with Gasteiger partial charge >= 0.3 is 0 Å². The summed E-state index contributed by atoms with van der Waals surface area (Å²) in [6, 6.07) is 7.51. The molecule has 0 aliphatic carbocycles. The van der Waals surface area contributed by atoms with Gasteiger partial charge in [0.05, 0.1) is 24.1 Å². The fourth-order valence-electron chi connectivity index (χ4n) is 3.46. The number of hydrogen-bond acceptors (Lipinski definition) is 4. The van der Waals surface area contributed by atoms with Crippen LogP contribution in [-0.2, 0) is 24.3 Å². The Labute approximate surface area is 165 Å². The first-order chi connectivity index (χ1) is 13.5. The topological polar surface area (TPSA) is 85.2 Å². The second kappa shape index (κ2) is 9.01. The van der Waals surface area contributed by atoms with E-state index < -0.39 is 0 Å².